The van der Waals surface area contributed by atoms with Gasteiger partial charge < -0.3 is 14.4 Å². The van der Waals surface area contributed by atoms with Crippen LogP contribution in [-0.4, -0.2) is 50.5 Å². The SMILES string of the molecule is CCc1nc(Br)cc(N(CCOC)CCOC)n1. The first kappa shape index (κ1) is 15.3. The van der Waals surface area contributed by atoms with Crippen molar-refractivity contribution in [2.45, 2.75) is 13.3 Å². The van der Waals surface area contributed by atoms with Gasteiger partial charge in [-0.2, -0.15) is 0 Å². The fourth-order valence-corrected chi connectivity index (χ4v) is 1.93. The molecule has 0 saturated carbocycles. The van der Waals surface area contributed by atoms with Gasteiger partial charge in [-0.25, -0.2) is 9.97 Å². The van der Waals surface area contributed by atoms with E-state index >= 15 is 0 Å². The van der Waals surface area contributed by atoms with Gasteiger partial charge in [0.1, 0.15) is 16.2 Å². The topological polar surface area (TPSA) is 47.5 Å². The van der Waals surface area contributed by atoms with Crippen molar-refractivity contribution < 1.29 is 9.47 Å². The van der Waals surface area contributed by atoms with Crippen molar-refractivity contribution >= 4 is 21.7 Å². The van der Waals surface area contributed by atoms with Crippen LogP contribution >= 0.6 is 15.9 Å². The Balaban J connectivity index is 2.84. The molecule has 0 radical (unpaired) electrons. The van der Waals surface area contributed by atoms with Crippen molar-refractivity contribution in [3.05, 3.63) is 16.5 Å². The van der Waals surface area contributed by atoms with Crippen LogP contribution in [-0.2, 0) is 15.9 Å². The molecule has 0 spiro atoms. The minimum Gasteiger partial charge on any atom is -0.383 e. The first-order valence-corrected chi connectivity index (χ1v) is 6.76. The zero-order chi connectivity index (χ0) is 13.4. The van der Waals surface area contributed by atoms with Crippen LogP contribution in [0.15, 0.2) is 10.7 Å². The van der Waals surface area contributed by atoms with E-state index in [1.54, 1.807) is 14.2 Å². The number of halogens is 1. The minimum atomic E-state index is 0.660. The molecule has 0 aliphatic heterocycles. The van der Waals surface area contributed by atoms with E-state index in [-0.39, 0.29) is 0 Å². The van der Waals surface area contributed by atoms with E-state index in [9.17, 15) is 0 Å². The van der Waals surface area contributed by atoms with E-state index in [0.717, 1.165) is 35.8 Å². The van der Waals surface area contributed by atoms with Crippen LogP contribution in [0.1, 0.15) is 12.7 Å². The van der Waals surface area contributed by atoms with Gasteiger partial charge >= 0.3 is 0 Å². The van der Waals surface area contributed by atoms with Gasteiger partial charge in [0.15, 0.2) is 0 Å². The summed E-state index contributed by atoms with van der Waals surface area (Å²) in [7, 11) is 3.39. The van der Waals surface area contributed by atoms with Crippen molar-refractivity contribution in [3.63, 3.8) is 0 Å². The summed E-state index contributed by atoms with van der Waals surface area (Å²) in [4.78, 5) is 11.0. The van der Waals surface area contributed by atoms with Gasteiger partial charge in [-0.1, -0.05) is 6.92 Å². The van der Waals surface area contributed by atoms with Gasteiger partial charge in [-0.05, 0) is 15.9 Å². The van der Waals surface area contributed by atoms with E-state index < -0.39 is 0 Å². The van der Waals surface area contributed by atoms with E-state index in [1.165, 1.54) is 0 Å². The molecular formula is C12H20BrN3O2. The number of nitrogens with zero attached hydrogens (tertiary/aromatic N) is 3. The lowest BCUT2D eigenvalue weighted by Crippen LogP contribution is -2.31. The Morgan fingerprint density at radius 3 is 2.28 bits per heavy atom. The lowest BCUT2D eigenvalue weighted by atomic mass is 10.4. The molecule has 0 bridgehead atoms. The Morgan fingerprint density at radius 1 is 1.17 bits per heavy atom. The van der Waals surface area contributed by atoms with Gasteiger partial charge in [-0.15, -0.1) is 0 Å². The Morgan fingerprint density at radius 2 is 1.78 bits per heavy atom. The molecule has 0 unspecified atom stereocenters. The first-order chi connectivity index (χ1) is 8.71. The maximum atomic E-state index is 5.12. The number of hydrogen-bond acceptors (Lipinski definition) is 5. The van der Waals surface area contributed by atoms with Crippen LogP contribution in [0.4, 0.5) is 5.82 Å². The number of methoxy groups -OCH3 is 2. The van der Waals surface area contributed by atoms with Gasteiger partial charge in [0.25, 0.3) is 0 Å². The summed E-state index contributed by atoms with van der Waals surface area (Å²) < 4.78 is 11.1. The van der Waals surface area contributed by atoms with Crippen molar-refractivity contribution in [2.24, 2.45) is 0 Å². The second-order valence-electron chi connectivity index (χ2n) is 3.79. The maximum absolute atomic E-state index is 5.12. The van der Waals surface area contributed by atoms with Crippen molar-refractivity contribution in [2.75, 3.05) is 45.4 Å². The lowest BCUT2D eigenvalue weighted by molar-refractivity contribution is 0.190. The highest BCUT2D eigenvalue weighted by Crippen LogP contribution is 2.16. The number of anilines is 1. The predicted molar refractivity (Wildman–Crippen MR) is 75.1 cm³/mol. The van der Waals surface area contributed by atoms with E-state index in [1.807, 2.05) is 13.0 Å². The van der Waals surface area contributed by atoms with E-state index in [0.29, 0.717) is 13.2 Å². The number of aromatic nitrogens is 2. The standard InChI is InChI=1S/C12H20BrN3O2/c1-4-11-14-10(13)9-12(15-11)16(5-7-17-2)6-8-18-3/h9H,4-8H2,1-3H3. The summed E-state index contributed by atoms with van der Waals surface area (Å²) in [6.45, 7) is 4.93. The molecule has 0 fully saturated rings. The second-order valence-corrected chi connectivity index (χ2v) is 4.60. The van der Waals surface area contributed by atoms with Gasteiger partial charge in [0.2, 0.25) is 0 Å². The zero-order valence-corrected chi connectivity index (χ0v) is 12.7. The van der Waals surface area contributed by atoms with Crippen LogP contribution in [0.25, 0.3) is 0 Å². The highest BCUT2D eigenvalue weighted by molar-refractivity contribution is 9.10. The fraction of sp³-hybridized carbons (Fsp3) is 0.667. The van der Waals surface area contributed by atoms with Crippen LogP contribution in [0.5, 0.6) is 0 Å². The molecule has 0 atom stereocenters. The molecule has 1 aromatic rings. The largest absolute Gasteiger partial charge is 0.383 e. The average Bonchev–Trinajstić information content (AvgIpc) is 2.38. The van der Waals surface area contributed by atoms with Crippen molar-refractivity contribution in [1.82, 2.24) is 9.97 Å². The van der Waals surface area contributed by atoms with E-state index in [2.05, 4.69) is 30.8 Å². The summed E-state index contributed by atoms with van der Waals surface area (Å²) >= 11 is 3.42. The quantitative estimate of drug-likeness (QED) is 0.685. The molecule has 102 valence electrons. The first-order valence-electron chi connectivity index (χ1n) is 5.97. The Bertz CT molecular complexity index is 355. The number of aryl methyl sites for hydroxylation is 1. The van der Waals surface area contributed by atoms with Crippen LogP contribution in [0.3, 0.4) is 0 Å². The molecule has 1 rings (SSSR count). The van der Waals surface area contributed by atoms with Crippen molar-refractivity contribution in [3.8, 4) is 0 Å². The smallest absolute Gasteiger partial charge is 0.133 e. The highest BCUT2D eigenvalue weighted by atomic mass is 79.9. The molecule has 0 N–H and O–H groups in total. The zero-order valence-electron chi connectivity index (χ0n) is 11.1. The van der Waals surface area contributed by atoms with Crippen molar-refractivity contribution in [1.29, 1.82) is 0 Å². The third kappa shape index (κ3) is 4.88. The van der Waals surface area contributed by atoms with E-state index in [4.69, 9.17) is 9.47 Å². The monoisotopic (exact) mass is 317 g/mol. The molecule has 6 heteroatoms. The summed E-state index contributed by atoms with van der Waals surface area (Å²) in [6, 6.07) is 1.92. The predicted octanol–water partition coefficient (Wildman–Crippen LogP) is 1.90. The molecule has 0 aliphatic carbocycles. The number of rotatable bonds is 8. The highest BCUT2D eigenvalue weighted by Gasteiger charge is 2.10. The third-order valence-corrected chi connectivity index (χ3v) is 2.90. The minimum absolute atomic E-state index is 0.660. The lowest BCUT2D eigenvalue weighted by Gasteiger charge is -2.23. The molecule has 0 saturated heterocycles. The molecular weight excluding hydrogens is 298 g/mol. The fourth-order valence-electron chi connectivity index (χ4n) is 1.52. The van der Waals surface area contributed by atoms with Gasteiger partial charge in [-0.3, -0.25) is 0 Å². The average molecular weight is 318 g/mol. The molecule has 0 aromatic carbocycles. The van der Waals surface area contributed by atoms with Crippen LogP contribution in [0, 0.1) is 0 Å². The summed E-state index contributed by atoms with van der Waals surface area (Å²) in [5.41, 5.74) is 0. The van der Waals surface area contributed by atoms with Gasteiger partial charge in [0.05, 0.1) is 13.2 Å². The third-order valence-electron chi connectivity index (χ3n) is 2.50. The summed E-state index contributed by atoms with van der Waals surface area (Å²) in [5, 5.41) is 0. The van der Waals surface area contributed by atoms with Crippen LogP contribution in [0.2, 0.25) is 0 Å². The second kappa shape index (κ2) is 8.39. The molecule has 5 nitrogen and oxygen atoms in total. The summed E-state index contributed by atoms with van der Waals surface area (Å²) in [5.74, 6) is 1.74. The molecule has 0 amide bonds. The Kier molecular flexibility index (Phi) is 7.15. The normalized spacial score (nSPS) is 10.7. The molecule has 18 heavy (non-hydrogen) atoms. The molecule has 1 aromatic heterocycles. The van der Waals surface area contributed by atoms with Gasteiger partial charge in [0, 0.05) is 39.8 Å². The maximum Gasteiger partial charge on any atom is 0.133 e. The number of ether oxygens (including phenoxy) is 2. The number of hydrogen-bond donors (Lipinski definition) is 0. The summed E-state index contributed by atoms with van der Waals surface area (Å²) in [6.07, 6.45) is 0.814. The Labute approximate surface area is 117 Å². The Hall–Kier alpha value is -0.720. The van der Waals surface area contributed by atoms with Crippen LogP contribution < -0.4 is 4.90 Å². The molecule has 1 heterocycles. The molecule has 0 aliphatic rings.